The lowest BCUT2D eigenvalue weighted by molar-refractivity contribution is 0.450. The highest BCUT2D eigenvalue weighted by molar-refractivity contribution is 5.85. The molecule has 0 aliphatic carbocycles. The molecule has 2 aromatic rings. The summed E-state index contributed by atoms with van der Waals surface area (Å²) in [6.07, 6.45) is 5.02. The SMILES string of the molecule is CCC(C)n1nccc1CNCc1ccn(CC(C)C)n1.Cl. The zero-order valence-electron chi connectivity index (χ0n) is 14.0. The maximum atomic E-state index is 4.57. The first kappa shape index (κ1) is 18.7. The second-order valence-corrected chi connectivity index (χ2v) is 6.05. The summed E-state index contributed by atoms with van der Waals surface area (Å²) >= 11 is 0. The monoisotopic (exact) mass is 325 g/mol. The van der Waals surface area contributed by atoms with E-state index in [1.54, 1.807) is 0 Å². The van der Waals surface area contributed by atoms with Gasteiger partial charge >= 0.3 is 0 Å². The number of nitrogens with one attached hydrogen (secondary N) is 1. The van der Waals surface area contributed by atoms with Crippen molar-refractivity contribution >= 4 is 12.4 Å². The van der Waals surface area contributed by atoms with Crippen molar-refractivity contribution in [3.05, 3.63) is 35.9 Å². The lowest BCUT2D eigenvalue weighted by Gasteiger charge is -2.13. The van der Waals surface area contributed by atoms with Crippen molar-refractivity contribution in [1.82, 2.24) is 24.9 Å². The number of rotatable bonds is 8. The molecule has 0 bridgehead atoms. The molecule has 124 valence electrons. The summed E-state index contributed by atoms with van der Waals surface area (Å²) in [5.41, 5.74) is 2.32. The van der Waals surface area contributed by atoms with Crippen molar-refractivity contribution < 1.29 is 0 Å². The van der Waals surface area contributed by atoms with Crippen LogP contribution in [0, 0.1) is 5.92 Å². The third-order valence-corrected chi connectivity index (χ3v) is 3.62. The molecule has 0 saturated heterocycles. The van der Waals surface area contributed by atoms with Gasteiger partial charge in [0.25, 0.3) is 0 Å². The van der Waals surface area contributed by atoms with Crippen LogP contribution in [0.15, 0.2) is 24.5 Å². The van der Waals surface area contributed by atoms with Gasteiger partial charge in [-0.25, -0.2) is 0 Å². The van der Waals surface area contributed by atoms with Crippen molar-refractivity contribution in [3.8, 4) is 0 Å². The Labute approximate surface area is 139 Å². The van der Waals surface area contributed by atoms with Gasteiger partial charge in [-0.15, -0.1) is 12.4 Å². The number of aromatic nitrogens is 4. The molecule has 5 nitrogen and oxygen atoms in total. The molecular weight excluding hydrogens is 298 g/mol. The summed E-state index contributed by atoms with van der Waals surface area (Å²) in [7, 11) is 0. The zero-order chi connectivity index (χ0) is 15.2. The van der Waals surface area contributed by atoms with Gasteiger partial charge in [-0.2, -0.15) is 10.2 Å². The van der Waals surface area contributed by atoms with Gasteiger partial charge in [-0.1, -0.05) is 20.8 Å². The Balaban J connectivity index is 0.00000242. The van der Waals surface area contributed by atoms with Crippen LogP contribution in [-0.2, 0) is 19.6 Å². The Bertz CT molecular complexity index is 546. The van der Waals surface area contributed by atoms with Gasteiger partial charge < -0.3 is 5.32 Å². The van der Waals surface area contributed by atoms with E-state index in [2.05, 4.69) is 66.2 Å². The predicted molar refractivity (Wildman–Crippen MR) is 92.1 cm³/mol. The zero-order valence-corrected chi connectivity index (χ0v) is 14.8. The first-order chi connectivity index (χ1) is 10.1. The van der Waals surface area contributed by atoms with Crippen LogP contribution >= 0.6 is 12.4 Å². The van der Waals surface area contributed by atoms with Crippen LogP contribution in [-0.4, -0.2) is 19.6 Å². The molecule has 1 N–H and O–H groups in total. The first-order valence-electron chi connectivity index (χ1n) is 7.85. The predicted octanol–water partition coefficient (Wildman–Crippen LogP) is 3.42. The normalized spacial score (nSPS) is 12.4. The lowest BCUT2D eigenvalue weighted by atomic mass is 10.2. The number of halogens is 1. The minimum atomic E-state index is 0. The standard InChI is InChI=1S/C16H27N5.ClH/c1-5-14(4)21-16(6-8-18-21)11-17-10-15-7-9-20(19-15)12-13(2)3;/h6-9,13-14,17H,5,10-12H2,1-4H3;1H. The van der Waals surface area contributed by atoms with E-state index in [1.807, 2.05) is 10.9 Å². The molecule has 1 unspecified atom stereocenters. The second-order valence-electron chi connectivity index (χ2n) is 6.05. The average molecular weight is 326 g/mol. The van der Waals surface area contributed by atoms with Crippen molar-refractivity contribution in [1.29, 1.82) is 0 Å². The van der Waals surface area contributed by atoms with Gasteiger partial charge in [-0.3, -0.25) is 9.36 Å². The van der Waals surface area contributed by atoms with E-state index in [0.717, 1.165) is 31.7 Å². The molecule has 0 amide bonds. The fraction of sp³-hybridized carbons (Fsp3) is 0.625. The van der Waals surface area contributed by atoms with Gasteiger partial charge in [0.15, 0.2) is 0 Å². The number of hydrogen-bond acceptors (Lipinski definition) is 3. The number of nitrogens with zero attached hydrogens (tertiary/aromatic N) is 4. The van der Waals surface area contributed by atoms with Crippen LogP contribution in [0.5, 0.6) is 0 Å². The molecule has 2 heterocycles. The van der Waals surface area contributed by atoms with Crippen molar-refractivity contribution in [2.75, 3.05) is 0 Å². The van der Waals surface area contributed by atoms with Crippen LogP contribution in [0.3, 0.4) is 0 Å². The second kappa shape index (κ2) is 8.96. The Kier molecular flexibility index (Phi) is 7.62. The highest BCUT2D eigenvalue weighted by Crippen LogP contribution is 2.12. The van der Waals surface area contributed by atoms with Crippen molar-refractivity contribution in [2.24, 2.45) is 5.92 Å². The largest absolute Gasteiger partial charge is 0.305 e. The molecular formula is C16H28ClN5. The molecule has 0 saturated carbocycles. The molecule has 22 heavy (non-hydrogen) atoms. The lowest BCUT2D eigenvalue weighted by Crippen LogP contribution is -2.18. The highest BCUT2D eigenvalue weighted by Gasteiger charge is 2.08. The minimum absolute atomic E-state index is 0. The maximum absolute atomic E-state index is 4.57. The van der Waals surface area contributed by atoms with Crippen LogP contribution in [0.1, 0.15) is 51.5 Å². The third kappa shape index (κ3) is 5.14. The average Bonchev–Trinajstić information content (AvgIpc) is 3.07. The molecule has 1 atom stereocenters. The molecule has 2 rings (SSSR count). The van der Waals surface area contributed by atoms with Gasteiger partial charge in [0.05, 0.1) is 11.4 Å². The Morgan fingerprint density at radius 2 is 1.95 bits per heavy atom. The Hall–Kier alpha value is -1.33. The van der Waals surface area contributed by atoms with Crippen molar-refractivity contribution in [3.63, 3.8) is 0 Å². The molecule has 0 aromatic carbocycles. The first-order valence-corrected chi connectivity index (χ1v) is 7.85. The van der Waals surface area contributed by atoms with Crippen LogP contribution in [0.4, 0.5) is 0 Å². The van der Waals surface area contributed by atoms with Gasteiger partial charge in [0.2, 0.25) is 0 Å². The highest BCUT2D eigenvalue weighted by atomic mass is 35.5. The van der Waals surface area contributed by atoms with Crippen LogP contribution in [0.2, 0.25) is 0 Å². The fourth-order valence-electron chi connectivity index (χ4n) is 2.34. The smallest absolute Gasteiger partial charge is 0.0762 e. The summed E-state index contributed by atoms with van der Waals surface area (Å²) in [6, 6.07) is 4.61. The van der Waals surface area contributed by atoms with E-state index in [9.17, 15) is 0 Å². The molecule has 0 radical (unpaired) electrons. The molecule has 2 aromatic heterocycles. The van der Waals surface area contributed by atoms with Crippen LogP contribution < -0.4 is 5.32 Å². The Morgan fingerprint density at radius 3 is 2.64 bits per heavy atom. The maximum Gasteiger partial charge on any atom is 0.0762 e. The van der Waals surface area contributed by atoms with Gasteiger partial charge in [0, 0.05) is 38.1 Å². The van der Waals surface area contributed by atoms with E-state index < -0.39 is 0 Å². The van der Waals surface area contributed by atoms with E-state index in [1.165, 1.54) is 5.69 Å². The van der Waals surface area contributed by atoms with Crippen LogP contribution in [0.25, 0.3) is 0 Å². The summed E-state index contributed by atoms with van der Waals surface area (Å²) in [6.45, 7) is 11.4. The quantitative estimate of drug-likeness (QED) is 0.809. The van der Waals surface area contributed by atoms with E-state index in [0.29, 0.717) is 12.0 Å². The van der Waals surface area contributed by atoms with Gasteiger partial charge in [-0.05, 0) is 31.4 Å². The van der Waals surface area contributed by atoms with Crippen molar-refractivity contribution in [2.45, 2.75) is 59.8 Å². The minimum Gasteiger partial charge on any atom is -0.305 e. The third-order valence-electron chi connectivity index (χ3n) is 3.62. The molecule has 0 aliphatic heterocycles. The Morgan fingerprint density at radius 1 is 1.18 bits per heavy atom. The molecule has 0 fully saturated rings. The van der Waals surface area contributed by atoms with Gasteiger partial charge in [0.1, 0.15) is 0 Å². The topological polar surface area (TPSA) is 47.7 Å². The fourth-order valence-corrected chi connectivity index (χ4v) is 2.34. The summed E-state index contributed by atoms with van der Waals surface area (Å²) in [4.78, 5) is 0. The van der Waals surface area contributed by atoms with E-state index >= 15 is 0 Å². The number of hydrogen-bond donors (Lipinski definition) is 1. The molecule has 0 aliphatic rings. The molecule has 6 heteroatoms. The summed E-state index contributed by atoms with van der Waals surface area (Å²) < 4.78 is 4.12. The summed E-state index contributed by atoms with van der Waals surface area (Å²) in [5.74, 6) is 0.621. The van der Waals surface area contributed by atoms with E-state index in [-0.39, 0.29) is 12.4 Å². The van der Waals surface area contributed by atoms with E-state index in [4.69, 9.17) is 0 Å². The molecule has 0 spiro atoms. The summed E-state index contributed by atoms with van der Waals surface area (Å²) in [5, 5.41) is 12.4.